The van der Waals surface area contributed by atoms with E-state index in [1.54, 1.807) is 10.8 Å². The lowest BCUT2D eigenvalue weighted by molar-refractivity contribution is -0.0157. The molecule has 2 aliphatic rings. The molecule has 2 aromatic rings. The van der Waals surface area contributed by atoms with Crippen LogP contribution in [-0.2, 0) is 4.74 Å². The summed E-state index contributed by atoms with van der Waals surface area (Å²) < 4.78 is 7.54. The monoisotopic (exact) mass is 280 g/mol. The molecule has 0 aromatic carbocycles. The first-order valence-corrected chi connectivity index (χ1v) is 6.87. The van der Waals surface area contributed by atoms with Crippen LogP contribution in [0.3, 0.4) is 0 Å². The van der Waals surface area contributed by atoms with Crippen LogP contribution >= 0.6 is 11.6 Å². The van der Waals surface area contributed by atoms with Gasteiger partial charge in [0.2, 0.25) is 5.28 Å². The number of nitrogens with zero attached hydrogens (tertiary/aromatic N) is 3. The van der Waals surface area contributed by atoms with Crippen molar-refractivity contribution < 1.29 is 4.74 Å². The molecule has 2 aromatic heterocycles. The SMILES string of the molecule is O=c1[nH]c2cnc(Cl)nc2n1C1C[C@H]2CC[C@@H](C1)O2. The zero-order chi connectivity index (χ0) is 13.0. The summed E-state index contributed by atoms with van der Waals surface area (Å²) in [6.07, 6.45) is 6.02. The number of ether oxygens (including phenoxy) is 1. The molecule has 1 unspecified atom stereocenters. The topological polar surface area (TPSA) is 72.8 Å². The second kappa shape index (κ2) is 4.05. The van der Waals surface area contributed by atoms with E-state index in [-0.39, 0.29) is 29.2 Å². The lowest BCUT2D eigenvalue weighted by Gasteiger charge is -2.28. The second-order valence-electron chi connectivity index (χ2n) is 5.26. The molecule has 2 fully saturated rings. The van der Waals surface area contributed by atoms with Crippen LogP contribution in [-0.4, -0.2) is 31.7 Å². The van der Waals surface area contributed by atoms with Gasteiger partial charge in [-0.25, -0.2) is 9.78 Å². The Morgan fingerprint density at radius 2 is 2.11 bits per heavy atom. The maximum absolute atomic E-state index is 12.1. The Hall–Kier alpha value is -1.40. The number of hydrogen-bond donors (Lipinski definition) is 1. The fraction of sp³-hybridized carbons (Fsp3) is 0.583. The number of imidazole rings is 1. The van der Waals surface area contributed by atoms with E-state index in [1.165, 1.54) is 0 Å². The van der Waals surface area contributed by atoms with E-state index >= 15 is 0 Å². The maximum atomic E-state index is 12.1. The Balaban J connectivity index is 1.84. The molecule has 6 nitrogen and oxygen atoms in total. The molecule has 2 saturated heterocycles. The molecular weight excluding hydrogens is 268 g/mol. The highest BCUT2D eigenvalue weighted by molar-refractivity contribution is 6.28. The van der Waals surface area contributed by atoms with Crippen molar-refractivity contribution >= 4 is 22.8 Å². The predicted octanol–water partition coefficient (Wildman–Crippen LogP) is 1.66. The minimum absolute atomic E-state index is 0.137. The molecule has 4 rings (SSSR count). The first kappa shape index (κ1) is 11.4. The third-order valence-corrected chi connectivity index (χ3v) is 4.24. The Bertz CT molecular complexity index is 683. The fourth-order valence-corrected chi connectivity index (χ4v) is 3.40. The largest absolute Gasteiger partial charge is 0.375 e. The number of nitrogens with one attached hydrogen (secondary N) is 1. The van der Waals surface area contributed by atoms with Gasteiger partial charge in [0, 0.05) is 6.04 Å². The zero-order valence-corrected chi connectivity index (χ0v) is 10.9. The summed E-state index contributed by atoms with van der Waals surface area (Å²) in [5.74, 6) is 0. The third-order valence-electron chi connectivity index (χ3n) is 4.06. The molecule has 19 heavy (non-hydrogen) atoms. The summed E-state index contributed by atoms with van der Waals surface area (Å²) in [4.78, 5) is 23.0. The highest BCUT2D eigenvalue weighted by Gasteiger charge is 2.37. The van der Waals surface area contributed by atoms with Gasteiger partial charge in [-0.2, -0.15) is 4.98 Å². The van der Waals surface area contributed by atoms with Crippen molar-refractivity contribution in [2.24, 2.45) is 0 Å². The lowest BCUT2D eigenvalue weighted by Crippen LogP contribution is -2.32. The van der Waals surface area contributed by atoms with Gasteiger partial charge in [0.15, 0.2) is 5.65 Å². The highest BCUT2D eigenvalue weighted by atomic mass is 35.5. The van der Waals surface area contributed by atoms with Crippen molar-refractivity contribution in [2.75, 3.05) is 0 Å². The Kier molecular flexibility index (Phi) is 2.43. The normalized spacial score (nSPS) is 30.1. The summed E-state index contributed by atoms with van der Waals surface area (Å²) in [6.45, 7) is 0. The number of rotatable bonds is 1. The molecular formula is C12H13ClN4O2. The van der Waals surface area contributed by atoms with Gasteiger partial charge in [-0.1, -0.05) is 0 Å². The van der Waals surface area contributed by atoms with E-state index in [0.29, 0.717) is 11.2 Å². The van der Waals surface area contributed by atoms with Gasteiger partial charge in [0.25, 0.3) is 0 Å². The van der Waals surface area contributed by atoms with Gasteiger partial charge in [-0.05, 0) is 37.3 Å². The molecule has 2 bridgehead atoms. The zero-order valence-electron chi connectivity index (χ0n) is 10.2. The molecule has 0 radical (unpaired) electrons. The van der Waals surface area contributed by atoms with Crippen molar-refractivity contribution in [3.63, 3.8) is 0 Å². The summed E-state index contributed by atoms with van der Waals surface area (Å²) in [5.41, 5.74) is 1.09. The van der Waals surface area contributed by atoms with Gasteiger partial charge >= 0.3 is 5.69 Å². The molecule has 7 heteroatoms. The fourth-order valence-electron chi connectivity index (χ4n) is 3.28. The number of fused-ring (bicyclic) bond motifs is 3. The molecule has 0 spiro atoms. The standard InChI is InChI=1S/C12H13ClN4O2/c13-11-14-5-9-10(16-11)17(12(18)15-9)6-3-7-1-2-8(4-6)19-7/h5-8H,1-4H2,(H,15,18)/t6?,7-,8+. The van der Waals surface area contributed by atoms with Crippen molar-refractivity contribution in [1.29, 1.82) is 0 Å². The smallest absolute Gasteiger partial charge is 0.327 e. The number of H-pyrrole nitrogens is 1. The molecule has 0 amide bonds. The van der Waals surface area contributed by atoms with Crippen LogP contribution in [0.25, 0.3) is 11.2 Å². The van der Waals surface area contributed by atoms with Crippen LogP contribution in [0.15, 0.2) is 11.0 Å². The molecule has 0 aliphatic carbocycles. The highest BCUT2D eigenvalue weighted by Crippen LogP contribution is 2.38. The lowest BCUT2D eigenvalue weighted by atomic mass is 10.0. The van der Waals surface area contributed by atoms with E-state index in [4.69, 9.17) is 16.3 Å². The number of aromatic nitrogens is 4. The molecule has 4 heterocycles. The average molecular weight is 281 g/mol. The van der Waals surface area contributed by atoms with Crippen LogP contribution in [0.5, 0.6) is 0 Å². The van der Waals surface area contributed by atoms with E-state index in [1.807, 2.05) is 0 Å². The van der Waals surface area contributed by atoms with E-state index < -0.39 is 0 Å². The average Bonchev–Trinajstić information content (AvgIpc) is 2.88. The van der Waals surface area contributed by atoms with Crippen LogP contribution < -0.4 is 5.69 Å². The van der Waals surface area contributed by atoms with Gasteiger partial charge < -0.3 is 9.72 Å². The maximum Gasteiger partial charge on any atom is 0.327 e. The van der Waals surface area contributed by atoms with Crippen molar-refractivity contribution in [3.8, 4) is 0 Å². The summed E-state index contributed by atoms with van der Waals surface area (Å²) in [5, 5.41) is 0.162. The summed E-state index contributed by atoms with van der Waals surface area (Å²) in [7, 11) is 0. The van der Waals surface area contributed by atoms with E-state index in [0.717, 1.165) is 25.7 Å². The van der Waals surface area contributed by atoms with Crippen molar-refractivity contribution in [2.45, 2.75) is 43.9 Å². The van der Waals surface area contributed by atoms with Gasteiger partial charge in [0.1, 0.15) is 5.52 Å². The number of aromatic amines is 1. The van der Waals surface area contributed by atoms with Crippen LogP contribution in [0.2, 0.25) is 5.28 Å². The molecule has 3 atom stereocenters. The number of hydrogen-bond acceptors (Lipinski definition) is 4. The Morgan fingerprint density at radius 1 is 1.37 bits per heavy atom. The molecule has 0 saturated carbocycles. The van der Waals surface area contributed by atoms with E-state index in [9.17, 15) is 4.79 Å². The summed E-state index contributed by atoms with van der Waals surface area (Å²) >= 11 is 5.83. The van der Waals surface area contributed by atoms with Crippen LogP contribution in [0.4, 0.5) is 0 Å². The Labute approximate surface area is 113 Å². The molecule has 2 aliphatic heterocycles. The van der Waals surface area contributed by atoms with Gasteiger partial charge in [-0.3, -0.25) is 4.57 Å². The summed E-state index contributed by atoms with van der Waals surface area (Å²) in [6, 6.07) is 0.137. The van der Waals surface area contributed by atoms with Crippen LogP contribution in [0, 0.1) is 0 Å². The quantitative estimate of drug-likeness (QED) is 0.806. The first-order valence-electron chi connectivity index (χ1n) is 6.49. The van der Waals surface area contributed by atoms with Crippen LogP contribution in [0.1, 0.15) is 31.7 Å². The third kappa shape index (κ3) is 1.78. The minimum Gasteiger partial charge on any atom is -0.375 e. The van der Waals surface area contributed by atoms with Gasteiger partial charge in [-0.15, -0.1) is 0 Å². The number of halogens is 1. The predicted molar refractivity (Wildman–Crippen MR) is 69.3 cm³/mol. The Morgan fingerprint density at radius 3 is 2.84 bits per heavy atom. The van der Waals surface area contributed by atoms with Crippen molar-refractivity contribution in [3.05, 3.63) is 22.0 Å². The van der Waals surface area contributed by atoms with E-state index in [2.05, 4.69) is 15.0 Å². The molecule has 100 valence electrons. The second-order valence-corrected chi connectivity index (χ2v) is 5.60. The minimum atomic E-state index is -0.141. The molecule has 1 N–H and O–H groups in total. The van der Waals surface area contributed by atoms with Crippen molar-refractivity contribution in [1.82, 2.24) is 19.5 Å². The van der Waals surface area contributed by atoms with Gasteiger partial charge in [0.05, 0.1) is 18.4 Å². The first-order chi connectivity index (χ1) is 9.20.